The maximum absolute atomic E-state index is 13.5. The molecule has 8 heteroatoms. The van der Waals surface area contributed by atoms with E-state index in [1.165, 1.54) is 7.11 Å². The molecule has 0 N–H and O–H groups in total. The van der Waals surface area contributed by atoms with Gasteiger partial charge in [-0.3, -0.25) is 14.9 Å². The van der Waals surface area contributed by atoms with Crippen LogP contribution in [0.4, 0.5) is 14.5 Å². The molecule has 0 aromatic heterocycles. The highest BCUT2D eigenvalue weighted by molar-refractivity contribution is 5.90. The van der Waals surface area contributed by atoms with Gasteiger partial charge in [-0.05, 0) is 0 Å². The number of ether oxygens (including phenoxy) is 2. The van der Waals surface area contributed by atoms with Crippen molar-refractivity contribution in [1.29, 1.82) is 0 Å². The smallest absolute Gasteiger partial charge is 0.307 e. The summed E-state index contributed by atoms with van der Waals surface area (Å²) in [6.45, 7) is 0. The second kappa shape index (κ2) is 4.88. The van der Waals surface area contributed by atoms with E-state index in [-0.39, 0.29) is 12.2 Å². The van der Waals surface area contributed by atoms with Gasteiger partial charge >= 0.3 is 5.69 Å². The number of hydrogen-bond donors (Lipinski definition) is 0. The van der Waals surface area contributed by atoms with Crippen LogP contribution in [0.1, 0.15) is 6.42 Å². The summed E-state index contributed by atoms with van der Waals surface area (Å²) < 4.78 is 36.7. The van der Waals surface area contributed by atoms with Crippen molar-refractivity contribution in [3.05, 3.63) is 33.9 Å². The molecule has 2 atom stereocenters. The van der Waals surface area contributed by atoms with Gasteiger partial charge in [0.15, 0.2) is 23.5 Å². The average Bonchev–Trinajstić information content (AvgIpc) is 2.32. The number of nitrogens with zero attached hydrogens (tertiary/aromatic N) is 1. The fraction of sp³-hybridized carbons (Fsp3) is 0.364. The van der Waals surface area contributed by atoms with Crippen molar-refractivity contribution in [3.8, 4) is 5.75 Å². The van der Waals surface area contributed by atoms with E-state index in [4.69, 9.17) is 9.47 Å². The number of Topliss-reactive ketones (excluding diaryl/α,β-unsaturated/α-hetero) is 1. The second-order valence-electron chi connectivity index (χ2n) is 3.97. The summed E-state index contributed by atoms with van der Waals surface area (Å²) >= 11 is 0. The first-order chi connectivity index (χ1) is 8.93. The van der Waals surface area contributed by atoms with E-state index in [0.29, 0.717) is 12.1 Å². The SMILES string of the molecule is COC1C(=O)CC1Oc1cc(F)c([N+](=O)[O-])cc1F. The fourth-order valence-corrected chi connectivity index (χ4v) is 1.77. The number of hydrogen-bond acceptors (Lipinski definition) is 5. The van der Waals surface area contributed by atoms with Crippen LogP contribution in [0.2, 0.25) is 0 Å². The summed E-state index contributed by atoms with van der Waals surface area (Å²) in [5.41, 5.74) is -0.974. The molecule has 0 bridgehead atoms. The number of halogens is 2. The number of nitro groups is 1. The number of carbonyl (C=O) groups is 1. The van der Waals surface area contributed by atoms with Gasteiger partial charge in [-0.15, -0.1) is 0 Å². The van der Waals surface area contributed by atoms with Crippen LogP contribution in [-0.2, 0) is 9.53 Å². The van der Waals surface area contributed by atoms with Crippen molar-refractivity contribution in [2.24, 2.45) is 0 Å². The molecular formula is C11H9F2NO5. The Kier molecular flexibility index (Phi) is 3.43. The first-order valence-electron chi connectivity index (χ1n) is 5.29. The van der Waals surface area contributed by atoms with Crippen molar-refractivity contribution in [2.75, 3.05) is 7.11 Å². The van der Waals surface area contributed by atoms with Gasteiger partial charge in [-0.2, -0.15) is 4.39 Å². The van der Waals surface area contributed by atoms with Crippen molar-refractivity contribution >= 4 is 11.5 Å². The van der Waals surface area contributed by atoms with Crippen LogP contribution in [0.15, 0.2) is 12.1 Å². The molecule has 1 aromatic rings. The van der Waals surface area contributed by atoms with Crippen LogP contribution < -0.4 is 4.74 Å². The minimum Gasteiger partial charge on any atom is -0.484 e. The van der Waals surface area contributed by atoms with Crippen molar-refractivity contribution in [2.45, 2.75) is 18.6 Å². The molecule has 1 saturated carbocycles. The van der Waals surface area contributed by atoms with Gasteiger partial charge in [0.25, 0.3) is 0 Å². The number of ketones is 1. The molecular weight excluding hydrogens is 264 g/mol. The topological polar surface area (TPSA) is 78.7 Å². The van der Waals surface area contributed by atoms with E-state index < -0.39 is 40.2 Å². The Morgan fingerprint density at radius 3 is 2.58 bits per heavy atom. The Morgan fingerprint density at radius 1 is 1.37 bits per heavy atom. The van der Waals surface area contributed by atoms with E-state index >= 15 is 0 Å². The number of nitro benzene ring substituents is 1. The predicted molar refractivity (Wildman–Crippen MR) is 57.8 cm³/mol. The Labute approximate surface area is 106 Å². The van der Waals surface area contributed by atoms with Gasteiger partial charge in [0.1, 0.15) is 6.10 Å². The van der Waals surface area contributed by atoms with Crippen molar-refractivity contribution in [3.63, 3.8) is 0 Å². The second-order valence-corrected chi connectivity index (χ2v) is 3.97. The summed E-state index contributed by atoms with van der Waals surface area (Å²) in [6.07, 6.45) is -1.51. The zero-order valence-corrected chi connectivity index (χ0v) is 9.76. The first-order valence-corrected chi connectivity index (χ1v) is 5.29. The average molecular weight is 273 g/mol. The quantitative estimate of drug-likeness (QED) is 0.615. The van der Waals surface area contributed by atoms with Crippen LogP contribution in [0.3, 0.4) is 0 Å². The molecule has 19 heavy (non-hydrogen) atoms. The molecule has 1 aliphatic carbocycles. The van der Waals surface area contributed by atoms with E-state index in [9.17, 15) is 23.7 Å². The van der Waals surface area contributed by atoms with Crippen LogP contribution in [0.5, 0.6) is 5.75 Å². The molecule has 1 aliphatic rings. The highest BCUT2D eigenvalue weighted by Gasteiger charge is 2.42. The summed E-state index contributed by atoms with van der Waals surface area (Å²) in [5, 5.41) is 10.4. The lowest BCUT2D eigenvalue weighted by Gasteiger charge is -2.33. The minimum absolute atomic E-state index is 0.0244. The molecule has 0 spiro atoms. The molecule has 6 nitrogen and oxygen atoms in total. The van der Waals surface area contributed by atoms with E-state index in [1.54, 1.807) is 0 Å². The van der Waals surface area contributed by atoms with Crippen LogP contribution in [-0.4, -0.2) is 30.0 Å². The van der Waals surface area contributed by atoms with E-state index in [1.807, 2.05) is 0 Å². The van der Waals surface area contributed by atoms with Crippen molar-refractivity contribution in [1.82, 2.24) is 0 Å². The van der Waals surface area contributed by atoms with Crippen LogP contribution >= 0.6 is 0 Å². The van der Waals surface area contributed by atoms with Crippen LogP contribution in [0.25, 0.3) is 0 Å². The van der Waals surface area contributed by atoms with Crippen molar-refractivity contribution < 1.29 is 28.0 Å². The van der Waals surface area contributed by atoms with Crippen LogP contribution in [0, 0.1) is 21.7 Å². The third kappa shape index (κ3) is 2.39. The summed E-state index contributed by atoms with van der Waals surface area (Å²) in [5.74, 6) is -2.96. The first kappa shape index (κ1) is 13.3. The zero-order chi connectivity index (χ0) is 14.2. The van der Waals surface area contributed by atoms with Gasteiger partial charge in [0.2, 0.25) is 5.82 Å². The standard InChI is InChI=1S/C11H9F2NO5/c1-18-11-8(15)4-10(11)19-9-3-5(12)7(14(16)17)2-6(9)13/h2-3,10-11H,4H2,1H3. The lowest BCUT2D eigenvalue weighted by Crippen LogP contribution is -2.51. The normalized spacial score (nSPS) is 21.9. The highest BCUT2D eigenvalue weighted by atomic mass is 19.1. The molecule has 2 unspecified atom stereocenters. The lowest BCUT2D eigenvalue weighted by atomic mass is 9.90. The molecule has 102 valence electrons. The monoisotopic (exact) mass is 273 g/mol. The Morgan fingerprint density at radius 2 is 2.05 bits per heavy atom. The number of benzene rings is 1. The minimum atomic E-state index is -1.21. The Hall–Kier alpha value is -2.09. The molecule has 1 aromatic carbocycles. The molecule has 1 fully saturated rings. The maximum Gasteiger partial charge on any atom is 0.307 e. The van der Waals surface area contributed by atoms with E-state index in [2.05, 4.69) is 0 Å². The molecule has 0 amide bonds. The van der Waals surface area contributed by atoms with Gasteiger partial charge in [0, 0.05) is 19.6 Å². The third-order valence-electron chi connectivity index (χ3n) is 2.79. The molecule has 0 heterocycles. The van der Waals surface area contributed by atoms with Gasteiger partial charge < -0.3 is 9.47 Å². The Balaban J connectivity index is 2.20. The summed E-state index contributed by atoms with van der Waals surface area (Å²) in [6, 6.07) is 1.02. The summed E-state index contributed by atoms with van der Waals surface area (Å²) in [7, 11) is 1.30. The maximum atomic E-state index is 13.5. The lowest BCUT2D eigenvalue weighted by molar-refractivity contribution is -0.387. The molecule has 0 saturated heterocycles. The molecule has 2 rings (SSSR count). The van der Waals surface area contributed by atoms with Gasteiger partial charge in [-0.25, -0.2) is 4.39 Å². The predicted octanol–water partition coefficient (Wildman–Crippen LogP) is 1.61. The highest BCUT2D eigenvalue weighted by Crippen LogP contribution is 2.30. The molecule has 0 radical (unpaired) electrons. The molecule has 0 aliphatic heterocycles. The van der Waals surface area contributed by atoms with Gasteiger partial charge in [-0.1, -0.05) is 0 Å². The van der Waals surface area contributed by atoms with Gasteiger partial charge in [0.05, 0.1) is 11.0 Å². The fourth-order valence-electron chi connectivity index (χ4n) is 1.77. The number of methoxy groups -OCH3 is 1. The number of carbonyl (C=O) groups excluding carboxylic acids is 1. The Bertz CT molecular complexity index is 548. The van der Waals surface area contributed by atoms with E-state index in [0.717, 1.165) is 0 Å². The summed E-state index contributed by atoms with van der Waals surface area (Å²) in [4.78, 5) is 20.5. The number of rotatable bonds is 4. The third-order valence-corrected chi connectivity index (χ3v) is 2.79. The largest absolute Gasteiger partial charge is 0.484 e. The zero-order valence-electron chi connectivity index (χ0n) is 9.76.